The molecule has 2 aliphatic rings. The molecule has 0 radical (unpaired) electrons. The monoisotopic (exact) mass is 384 g/mol. The van der Waals surface area contributed by atoms with Crippen LogP contribution in [0.2, 0.25) is 0 Å². The molecule has 27 heavy (non-hydrogen) atoms. The number of aromatic nitrogens is 1. The summed E-state index contributed by atoms with van der Waals surface area (Å²) in [7, 11) is 0. The van der Waals surface area contributed by atoms with Crippen LogP contribution in [0.4, 0.5) is 0 Å². The molecule has 0 N–H and O–H groups in total. The summed E-state index contributed by atoms with van der Waals surface area (Å²) in [5.41, 5.74) is 3.00. The molecule has 2 fully saturated rings. The molecule has 1 aliphatic carbocycles. The Morgan fingerprint density at radius 2 is 2.11 bits per heavy atom. The van der Waals surface area contributed by atoms with Crippen molar-refractivity contribution in [1.82, 2.24) is 9.88 Å². The molecule has 0 spiro atoms. The third-order valence-corrected chi connectivity index (χ3v) is 7.83. The maximum Gasteiger partial charge on any atom is 0.0615 e. The van der Waals surface area contributed by atoms with Gasteiger partial charge < -0.3 is 4.74 Å². The summed E-state index contributed by atoms with van der Waals surface area (Å²) in [5.74, 6) is 0. The van der Waals surface area contributed by atoms with E-state index < -0.39 is 0 Å². The fraction of sp³-hybridized carbons (Fsp3) is 0.609. The lowest BCUT2D eigenvalue weighted by atomic mass is 9.77. The molecule has 1 saturated heterocycles. The van der Waals surface area contributed by atoms with Crippen LogP contribution in [-0.4, -0.2) is 35.7 Å². The van der Waals surface area contributed by atoms with E-state index in [0.717, 1.165) is 18.8 Å². The van der Waals surface area contributed by atoms with Crippen molar-refractivity contribution >= 4 is 11.3 Å². The minimum atomic E-state index is 0.233. The molecule has 0 amide bonds. The Hall–Kier alpha value is -1.23. The quantitative estimate of drug-likeness (QED) is 0.626. The van der Waals surface area contributed by atoms with Gasteiger partial charge in [-0.2, -0.15) is 0 Å². The number of ether oxygens (including phenoxy) is 1. The fourth-order valence-corrected chi connectivity index (χ4v) is 5.61. The van der Waals surface area contributed by atoms with Crippen LogP contribution in [0.3, 0.4) is 0 Å². The maximum absolute atomic E-state index is 6.17. The molecule has 4 rings (SSSR count). The molecule has 3 nitrogen and oxygen atoms in total. The van der Waals surface area contributed by atoms with Crippen molar-refractivity contribution in [3.05, 3.63) is 52.0 Å². The van der Waals surface area contributed by atoms with Gasteiger partial charge in [0.25, 0.3) is 0 Å². The van der Waals surface area contributed by atoms with E-state index in [0.29, 0.717) is 6.10 Å². The van der Waals surface area contributed by atoms with Crippen molar-refractivity contribution in [2.45, 2.75) is 64.5 Å². The van der Waals surface area contributed by atoms with E-state index in [1.165, 1.54) is 49.1 Å². The average molecular weight is 385 g/mol. The normalized spacial score (nSPS) is 25.6. The van der Waals surface area contributed by atoms with E-state index in [1.807, 2.05) is 11.3 Å². The highest BCUT2D eigenvalue weighted by Gasteiger charge is 2.55. The predicted octanol–water partition coefficient (Wildman–Crippen LogP) is 5.19. The Labute approximate surface area is 167 Å². The van der Waals surface area contributed by atoms with E-state index in [2.05, 4.69) is 66.5 Å². The van der Waals surface area contributed by atoms with E-state index in [4.69, 9.17) is 4.74 Å². The van der Waals surface area contributed by atoms with Gasteiger partial charge in [0.05, 0.1) is 6.10 Å². The lowest BCUT2D eigenvalue weighted by molar-refractivity contribution is -0.0267. The smallest absolute Gasteiger partial charge is 0.0615 e. The molecule has 3 heterocycles. The second-order valence-corrected chi connectivity index (χ2v) is 9.46. The number of likely N-dealkylation sites (tertiary alicyclic amines) is 1. The second-order valence-electron chi connectivity index (χ2n) is 8.43. The number of pyridine rings is 1. The Kier molecular flexibility index (Phi) is 5.41. The summed E-state index contributed by atoms with van der Waals surface area (Å²) in [4.78, 5) is 8.83. The summed E-state index contributed by atoms with van der Waals surface area (Å²) in [6.07, 6.45) is 8.57. The summed E-state index contributed by atoms with van der Waals surface area (Å²) in [5, 5.41) is 2.19. The first-order valence-electron chi connectivity index (χ1n) is 10.4. The third-order valence-electron chi connectivity index (χ3n) is 6.89. The van der Waals surface area contributed by atoms with Gasteiger partial charge in [0.15, 0.2) is 0 Å². The first kappa shape index (κ1) is 19.1. The zero-order valence-electron chi connectivity index (χ0n) is 16.9. The Morgan fingerprint density at radius 1 is 1.26 bits per heavy atom. The Bertz CT molecular complexity index is 738. The molecular weight excluding hydrogens is 352 g/mol. The molecule has 1 aliphatic heterocycles. The summed E-state index contributed by atoms with van der Waals surface area (Å²) in [6.45, 7) is 9.61. The van der Waals surface area contributed by atoms with Crippen molar-refractivity contribution in [1.29, 1.82) is 0 Å². The molecule has 2 aromatic rings. The van der Waals surface area contributed by atoms with Crippen molar-refractivity contribution in [3.8, 4) is 0 Å². The van der Waals surface area contributed by atoms with Crippen molar-refractivity contribution in [2.24, 2.45) is 5.41 Å². The van der Waals surface area contributed by atoms with Gasteiger partial charge in [-0.3, -0.25) is 9.88 Å². The average Bonchev–Trinajstić information content (AvgIpc) is 3.11. The molecule has 1 saturated carbocycles. The van der Waals surface area contributed by atoms with E-state index in [1.54, 1.807) is 0 Å². The van der Waals surface area contributed by atoms with Gasteiger partial charge in [-0.1, -0.05) is 12.1 Å². The summed E-state index contributed by atoms with van der Waals surface area (Å²) < 4.78 is 6.17. The highest BCUT2D eigenvalue weighted by atomic mass is 32.1. The minimum Gasteiger partial charge on any atom is -0.378 e. The van der Waals surface area contributed by atoms with Gasteiger partial charge in [0.2, 0.25) is 0 Å². The van der Waals surface area contributed by atoms with Gasteiger partial charge in [0.1, 0.15) is 0 Å². The van der Waals surface area contributed by atoms with Crippen molar-refractivity contribution in [2.75, 3.05) is 19.7 Å². The molecule has 2 aromatic heterocycles. The topological polar surface area (TPSA) is 25.4 Å². The van der Waals surface area contributed by atoms with Gasteiger partial charge in [0, 0.05) is 40.9 Å². The van der Waals surface area contributed by atoms with Crippen LogP contribution in [0.25, 0.3) is 0 Å². The predicted molar refractivity (Wildman–Crippen MR) is 112 cm³/mol. The van der Waals surface area contributed by atoms with Gasteiger partial charge in [-0.15, -0.1) is 11.3 Å². The van der Waals surface area contributed by atoms with Gasteiger partial charge in [-0.25, -0.2) is 0 Å². The first-order chi connectivity index (χ1) is 13.1. The van der Waals surface area contributed by atoms with Crippen LogP contribution in [0.5, 0.6) is 0 Å². The number of hydrogen-bond donors (Lipinski definition) is 0. The van der Waals surface area contributed by atoms with E-state index in [-0.39, 0.29) is 11.0 Å². The largest absolute Gasteiger partial charge is 0.378 e. The van der Waals surface area contributed by atoms with Crippen LogP contribution in [0.1, 0.15) is 55.7 Å². The van der Waals surface area contributed by atoms with Crippen LogP contribution < -0.4 is 0 Å². The highest BCUT2D eigenvalue weighted by Crippen LogP contribution is 2.55. The van der Waals surface area contributed by atoms with Crippen LogP contribution in [-0.2, 0) is 16.7 Å². The molecule has 2 atom stereocenters. The minimum absolute atomic E-state index is 0.233. The summed E-state index contributed by atoms with van der Waals surface area (Å²) >= 11 is 1.88. The third kappa shape index (κ3) is 3.72. The molecule has 0 unspecified atom stereocenters. The van der Waals surface area contributed by atoms with Crippen LogP contribution in [0, 0.1) is 12.3 Å². The lowest BCUT2D eigenvalue weighted by Gasteiger charge is -2.37. The van der Waals surface area contributed by atoms with Crippen LogP contribution >= 0.6 is 11.3 Å². The SMILES string of the molecule is CCO[C@@H](C)[C@@]1(CCc2cccs2)CCN(C2(c3ccc(C)nc3)CC2)C1. The number of aryl methyl sites for hydroxylation is 2. The Morgan fingerprint density at radius 3 is 2.74 bits per heavy atom. The number of hydrogen-bond acceptors (Lipinski definition) is 4. The van der Waals surface area contributed by atoms with Crippen molar-refractivity contribution in [3.63, 3.8) is 0 Å². The number of thiophene rings is 1. The summed E-state index contributed by atoms with van der Waals surface area (Å²) in [6, 6.07) is 8.91. The lowest BCUT2D eigenvalue weighted by Crippen LogP contribution is -2.41. The Balaban J connectivity index is 1.52. The van der Waals surface area contributed by atoms with Crippen LogP contribution in [0.15, 0.2) is 35.8 Å². The number of rotatable bonds is 8. The zero-order chi connectivity index (χ0) is 18.9. The fourth-order valence-electron chi connectivity index (χ4n) is 4.90. The van der Waals surface area contributed by atoms with E-state index in [9.17, 15) is 0 Å². The molecule has 4 heteroatoms. The standard InChI is InChI=1S/C23H32N2OS/c1-4-26-19(3)22(10-9-21-6-5-15-27-21)13-14-25(17-22)23(11-12-23)20-8-7-18(2)24-16-20/h5-8,15-16,19H,4,9-14,17H2,1-3H3/t19-,22-/m0/s1. The number of nitrogens with zero attached hydrogens (tertiary/aromatic N) is 2. The zero-order valence-corrected chi connectivity index (χ0v) is 17.7. The second kappa shape index (κ2) is 7.65. The first-order valence-corrected chi connectivity index (χ1v) is 11.3. The van der Waals surface area contributed by atoms with Crippen molar-refractivity contribution < 1.29 is 4.74 Å². The van der Waals surface area contributed by atoms with E-state index >= 15 is 0 Å². The van der Waals surface area contributed by atoms with Gasteiger partial charge >= 0.3 is 0 Å². The van der Waals surface area contributed by atoms with Gasteiger partial charge in [-0.05, 0) is 82.5 Å². The maximum atomic E-state index is 6.17. The molecule has 146 valence electrons. The molecule has 0 bridgehead atoms. The molecular formula is C23H32N2OS. The molecule has 0 aromatic carbocycles. The highest BCUT2D eigenvalue weighted by molar-refractivity contribution is 7.09.